The summed E-state index contributed by atoms with van der Waals surface area (Å²) in [5.41, 5.74) is 0. The van der Waals surface area contributed by atoms with Crippen LogP contribution in [0.1, 0.15) is 6.92 Å². The van der Waals surface area contributed by atoms with Crippen molar-refractivity contribution < 1.29 is 4.79 Å². The zero-order valence-electron chi connectivity index (χ0n) is 19.1. The molecule has 4 aromatic rings. The Labute approximate surface area is 228 Å². The van der Waals surface area contributed by atoms with E-state index in [2.05, 4.69) is 41.7 Å². The number of thioether (sulfide) groups is 1. The molecule has 0 radical (unpaired) electrons. The van der Waals surface area contributed by atoms with Crippen molar-refractivity contribution >= 4 is 77.7 Å². The predicted molar refractivity (Wildman–Crippen MR) is 162 cm³/mol. The Morgan fingerprint density at radius 3 is 1.57 bits per heavy atom. The fourth-order valence-corrected chi connectivity index (χ4v) is 13.8. The van der Waals surface area contributed by atoms with Gasteiger partial charge in [-0.05, 0) is 0 Å². The van der Waals surface area contributed by atoms with Gasteiger partial charge in [0.2, 0.25) is 0 Å². The van der Waals surface area contributed by atoms with Crippen molar-refractivity contribution in [2.75, 3.05) is 0 Å². The molecule has 0 aromatic heterocycles. The van der Waals surface area contributed by atoms with Gasteiger partial charge in [0.05, 0.1) is 0 Å². The molecule has 2 unspecified atom stereocenters. The molecule has 0 saturated heterocycles. The van der Waals surface area contributed by atoms with Crippen LogP contribution in [0.25, 0.3) is 0 Å². The number of thiol groups is 2. The first-order valence-corrected chi connectivity index (χ1v) is 15.4. The van der Waals surface area contributed by atoms with Crippen LogP contribution in [0.2, 0.25) is 5.02 Å². The molecule has 0 fully saturated rings. The van der Waals surface area contributed by atoms with Gasteiger partial charge in [-0.3, -0.25) is 0 Å². The summed E-state index contributed by atoms with van der Waals surface area (Å²) in [7, 11) is -3.06. The van der Waals surface area contributed by atoms with Gasteiger partial charge in [0.1, 0.15) is 0 Å². The van der Waals surface area contributed by atoms with Crippen LogP contribution < -0.4 is 21.2 Å². The summed E-state index contributed by atoms with van der Waals surface area (Å²) in [5.74, 6) is -0.157. The van der Waals surface area contributed by atoms with Crippen molar-refractivity contribution in [3.05, 3.63) is 120 Å². The van der Waals surface area contributed by atoms with Crippen molar-refractivity contribution in [2.24, 2.45) is 0 Å². The van der Waals surface area contributed by atoms with Crippen molar-refractivity contribution in [2.45, 2.75) is 21.0 Å². The number of rotatable bonds is 8. The average Bonchev–Trinajstić information content (AvgIpc) is 2.87. The van der Waals surface area contributed by atoms with Crippen LogP contribution >= 0.6 is 55.9 Å². The van der Waals surface area contributed by atoms with Crippen LogP contribution in [0.5, 0.6) is 0 Å². The van der Waals surface area contributed by atoms with E-state index < -0.39 is 16.5 Å². The maximum absolute atomic E-state index is 12.8. The fourth-order valence-electron chi connectivity index (χ4n) is 4.56. The summed E-state index contributed by atoms with van der Waals surface area (Å²) in [6.45, 7) is 1.54. The molecule has 0 heterocycles. The van der Waals surface area contributed by atoms with Gasteiger partial charge in [0, 0.05) is 0 Å². The number of hydrogen-bond donors (Lipinski definition) is 3. The summed E-state index contributed by atoms with van der Waals surface area (Å²) >= 11 is 18.3. The van der Waals surface area contributed by atoms with Crippen LogP contribution in [0.4, 0.5) is 0 Å². The number of amides is 1. The summed E-state index contributed by atoms with van der Waals surface area (Å²) in [5, 5.41) is 7.37. The summed E-state index contributed by atoms with van der Waals surface area (Å²) in [6.07, 6.45) is 0. The Morgan fingerprint density at radius 2 is 1.20 bits per heavy atom. The second-order valence-corrected chi connectivity index (χ2v) is 15.8. The fraction of sp³-hybridized carbons (Fsp3) is 0.107. The molecule has 35 heavy (non-hydrogen) atoms. The van der Waals surface area contributed by atoms with Crippen molar-refractivity contribution in [1.29, 1.82) is 0 Å². The first kappa shape index (κ1) is 26.2. The zero-order chi connectivity index (χ0) is 24.9. The van der Waals surface area contributed by atoms with Crippen molar-refractivity contribution in [3.63, 3.8) is 0 Å². The Balaban J connectivity index is 2.03. The molecule has 0 saturated carbocycles. The molecule has 2 nitrogen and oxygen atoms in total. The number of carbonyl (C=O) groups is 1. The average molecular weight is 556 g/mol. The van der Waals surface area contributed by atoms with Crippen LogP contribution in [-0.4, -0.2) is 15.1 Å². The van der Waals surface area contributed by atoms with Gasteiger partial charge in [0.25, 0.3) is 0 Å². The third-order valence-electron chi connectivity index (χ3n) is 5.98. The molecule has 1 amide bonds. The minimum absolute atomic E-state index is 0.157. The van der Waals surface area contributed by atoms with E-state index in [0.29, 0.717) is 5.02 Å². The molecule has 0 bridgehead atoms. The summed E-state index contributed by atoms with van der Waals surface area (Å²) < 4.78 is -1.42. The van der Waals surface area contributed by atoms with Gasteiger partial charge in [-0.15, -0.1) is 0 Å². The van der Waals surface area contributed by atoms with E-state index in [1.54, 1.807) is 18.7 Å². The standard InChI is InChI=1S/C28H27ClNOPS3/c1-21(31)30-28(34,27(33)35-26-19-17-22(29)18-20-26)32(23-11-5-2-6-12-23,24-13-7-3-8-14-24)25-15-9-4-10-16-25/h2-20,27,32-34H,1H3,(H,30,31). The second kappa shape index (κ2) is 11.5. The molecule has 7 heteroatoms. The van der Waals surface area contributed by atoms with Gasteiger partial charge in [-0.25, -0.2) is 0 Å². The van der Waals surface area contributed by atoms with Crippen LogP contribution in [0.3, 0.4) is 0 Å². The van der Waals surface area contributed by atoms with E-state index >= 15 is 0 Å². The van der Waals surface area contributed by atoms with Gasteiger partial charge < -0.3 is 0 Å². The molecule has 0 aliphatic heterocycles. The van der Waals surface area contributed by atoms with Gasteiger partial charge in [0.15, 0.2) is 0 Å². The third-order valence-corrected chi connectivity index (χ3v) is 15.4. The number of benzene rings is 4. The summed E-state index contributed by atoms with van der Waals surface area (Å²) in [4.78, 5) is 13.8. The monoisotopic (exact) mass is 555 g/mol. The first-order valence-electron chi connectivity index (χ1n) is 11.2. The van der Waals surface area contributed by atoms with Crippen LogP contribution in [-0.2, 0) is 4.79 Å². The zero-order valence-corrected chi connectivity index (χ0v) is 23.5. The third kappa shape index (κ3) is 5.30. The summed E-state index contributed by atoms with van der Waals surface area (Å²) in [6, 6.07) is 38.8. The van der Waals surface area contributed by atoms with Gasteiger partial charge >= 0.3 is 229 Å². The van der Waals surface area contributed by atoms with E-state index in [1.165, 1.54) is 0 Å². The van der Waals surface area contributed by atoms with Gasteiger partial charge in [-0.2, -0.15) is 0 Å². The Morgan fingerprint density at radius 1 is 0.800 bits per heavy atom. The number of nitrogens with one attached hydrogen (secondary N) is 1. The maximum atomic E-state index is 12.8. The van der Waals surface area contributed by atoms with Crippen LogP contribution in [0, 0.1) is 0 Å². The van der Waals surface area contributed by atoms with E-state index in [4.69, 9.17) is 36.9 Å². The molecule has 0 spiro atoms. The molecule has 2 atom stereocenters. The quantitative estimate of drug-likeness (QED) is 0.106. The van der Waals surface area contributed by atoms with E-state index in [-0.39, 0.29) is 5.91 Å². The molecule has 4 aromatic carbocycles. The van der Waals surface area contributed by atoms with E-state index in [0.717, 1.165) is 20.8 Å². The Hall–Kier alpha value is -1.88. The SMILES string of the molecule is CC(=O)NC(S)(C(S)Sc1ccc(Cl)cc1)[PH](c1ccccc1)(c1ccccc1)c1ccccc1. The minimum atomic E-state index is -3.06. The molecule has 1 N–H and O–H groups in total. The van der Waals surface area contributed by atoms with Crippen molar-refractivity contribution in [3.8, 4) is 0 Å². The Bertz CT molecular complexity index is 1160. The Kier molecular flexibility index (Phi) is 8.57. The first-order chi connectivity index (χ1) is 16.9. The number of halogens is 1. The van der Waals surface area contributed by atoms with E-state index in [9.17, 15) is 4.79 Å². The normalized spacial score (nSPS) is 14.5. The number of carbonyl (C=O) groups excluding carboxylic acids is 1. The molecule has 4 rings (SSSR count). The molecular weight excluding hydrogens is 529 g/mol. The van der Waals surface area contributed by atoms with Gasteiger partial charge in [-0.1, -0.05) is 0 Å². The van der Waals surface area contributed by atoms with E-state index in [1.807, 2.05) is 78.9 Å². The molecule has 0 aliphatic rings. The van der Waals surface area contributed by atoms with Crippen LogP contribution in [0.15, 0.2) is 120 Å². The molecule has 0 aliphatic carbocycles. The second-order valence-electron chi connectivity index (χ2n) is 8.22. The number of hydrogen-bond acceptors (Lipinski definition) is 4. The predicted octanol–water partition coefficient (Wildman–Crippen LogP) is 6.13. The topological polar surface area (TPSA) is 29.1 Å². The van der Waals surface area contributed by atoms with Crippen molar-refractivity contribution in [1.82, 2.24) is 5.32 Å². The molecular formula is C28H27ClNOPS3. The molecule has 180 valence electrons.